The lowest BCUT2D eigenvalue weighted by Gasteiger charge is -2.34. The number of β-amino-alcohol motifs (C(OH)–C–C–N with tert-alkyl or cyclic N) is 1. The van der Waals surface area contributed by atoms with E-state index in [2.05, 4.69) is 15.5 Å². The molecule has 2 fully saturated rings. The van der Waals surface area contributed by atoms with E-state index < -0.39 is 0 Å². The number of benzene rings is 1. The molecule has 0 radical (unpaired) electrons. The van der Waals surface area contributed by atoms with E-state index in [4.69, 9.17) is 0 Å². The Morgan fingerprint density at radius 3 is 2.55 bits per heavy atom. The standard InChI is InChI=1S/C22H34N4O3/c1-15-4-5-18(21(28)23-19-6-7-19)12-20(15)24-22(29)25(3)14-17-8-10-26(11-9-17)13-16(2)27/h4-5,12,16-17,19,27H,6-11,13-14H2,1-3H3,(H,23,28)(H,24,29). The molecule has 2 aliphatic rings. The SMILES string of the molecule is Cc1ccc(C(=O)NC2CC2)cc1NC(=O)N(C)CC1CCN(CC(C)O)CC1. The van der Waals surface area contributed by atoms with Crippen molar-refractivity contribution >= 4 is 17.6 Å². The fraction of sp³-hybridized carbons (Fsp3) is 0.636. The highest BCUT2D eigenvalue weighted by Crippen LogP contribution is 2.22. The first-order valence-electron chi connectivity index (χ1n) is 10.7. The summed E-state index contributed by atoms with van der Waals surface area (Å²) in [6.45, 7) is 7.08. The molecule has 1 aromatic rings. The molecular formula is C22H34N4O3. The molecule has 0 bridgehead atoms. The number of anilines is 1. The summed E-state index contributed by atoms with van der Waals surface area (Å²) in [7, 11) is 1.82. The van der Waals surface area contributed by atoms with Crippen molar-refractivity contribution in [1.82, 2.24) is 15.1 Å². The molecule has 1 aliphatic carbocycles. The van der Waals surface area contributed by atoms with Gasteiger partial charge in [-0.25, -0.2) is 4.79 Å². The van der Waals surface area contributed by atoms with Crippen LogP contribution in [0.1, 0.15) is 48.5 Å². The molecule has 1 unspecified atom stereocenters. The number of aliphatic hydroxyl groups is 1. The smallest absolute Gasteiger partial charge is 0.321 e. The molecular weight excluding hydrogens is 368 g/mol. The lowest BCUT2D eigenvalue weighted by Crippen LogP contribution is -2.42. The number of nitrogens with one attached hydrogen (secondary N) is 2. The van der Waals surface area contributed by atoms with Crippen molar-refractivity contribution in [3.8, 4) is 0 Å². The van der Waals surface area contributed by atoms with E-state index >= 15 is 0 Å². The summed E-state index contributed by atoms with van der Waals surface area (Å²) in [6, 6.07) is 5.58. The molecule has 1 saturated carbocycles. The highest BCUT2D eigenvalue weighted by atomic mass is 16.3. The first-order chi connectivity index (χ1) is 13.8. The van der Waals surface area contributed by atoms with Gasteiger partial charge in [-0.1, -0.05) is 6.07 Å². The van der Waals surface area contributed by atoms with Crippen LogP contribution in [0.4, 0.5) is 10.5 Å². The molecule has 3 N–H and O–H groups in total. The van der Waals surface area contributed by atoms with Gasteiger partial charge in [0.2, 0.25) is 0 Å². The minimum absolute atomic E-state index is 0.0830. The summed E-state index contributed by atoms with van der Waals surface area (Å²) in [6.07, 6.45) is 3.85. The van der Waals surface area contributed by atoms with E-state index in [0.717, 1.165) is 44.3 Å². The number of urea groups is 1. The summed E-state index contributed by atoms with van der Waals surface area (Å²) < 4.78 is 0. The third kappa shape index (κ3) is 6.44. The molecule has 0 spiro atoms. The molecule has 1 saturated heterocycles. The lowest BCUT2D eigenvalue weighted by molar-refractivity contribution is 0.0946. The Morgan fingerprint density at radius 1 is 1.24 bits per heavy atom. The maximum atomic E-state index is 12.7. The Hall–Kier alpha value is -2.12. The fourth-order valence-electron chi connectivity index (χ4n) is 3.80. The Bertz CT molecular complexity index is 725. The van der Waals surface area contributed by atoms with Crippen LogP contribution in [0.3, 0.4) is 0 Å². The first-order valence-corrected chi connectivity index (χ1v) is 10.7. The third-order valence-corrected chi connectivity index (χ3v) is 5.76. The van der Waals surface area contributed by atoms with Gasteiger partial charge in [0.05, 0.1) is 6.10 Å². The van der Waals surface area contributed by atoms with Gasteiger partial charge in [0, 0.05) is 37.4 Å². The van der Waals surface area contributed by atoms with E-state index in [1.54, 1.807) is 17.0 Å². The molecule has 3 rings (SSSR count). The predicted octanol–water partition coefficient (Wildman–Crippen LogP) is 2.44. The number of hydrogen-bond donors (Lipinski definition) is 3. The summed E-state index contributed by atoms with van der Waals surface area (Å²) in [5.74, 6) is 0.382. The number of aliphatic hydroxyl groups excluding tert-OH is 1. The van der Waals surface area contributed by atoms with Crippen molar-refractivity contribution in [2.75, 3.05) is 38.5 Å². The van der Waals surface area contributed by atoms with Crippen LogP contribution in [0.5, 0.6) is 0 Å². The number of hydrogen-bond acceptors (Lipinski definition) is 4. The average Bonchev–Trinajstić information content (AvgIpc) is 3.48. The minimum atomic E-state index is -0.301. The highest BCUT2D eigenvalue weighted by molar-refractivity contribution is 5.97. The number of piperidine rings is 1. The minimum Gasteiger partial charge on any atom is -0.392 e. The number of amides is 3. The normalized spacial score (nSPS) is 18.9. The van der Waals surface area contributed by atoms with Crippen molar-refractivity contribution in [3.63, 3.8) is 0 Å². The van der Waals surface area contributed by atoms with E-state index in [0.29, 0.717) is 36.3 Å². The van der Waals surface area contributed by atoms with Crippen molar-refractivity contribution in [2.24, 2.45) is 5.92 Å². The molecule has 7 heteroatoms. The van der Waals surface area contributed by atoms with Gasteiger partial charge >= 0.3 is 6.03 Å². The predicted molar refractivity (Wildman–Crippen MR) is 114 cm³/mol. The Kier molecular flexibility index (Phi) is 7.14. The molecule has 7 nitrogen and oxygen atoms in total. The van der Waals surface area contributed by atoms with Gasteiger partial charge in [-0.05, 0) is 76.2 Å². The molecule has 29 heavy (non-hydrogen) atoms. The van der Waals surface area contributed by atoms with Gasteiger partial charge in [0.15, 0.2) is 0 Å². The number of carbonyl (C=O) groups excluding carboxylic acids is 2. The zero-order valence-electron chi connectivity index (χ0n) is 17.8. The molecule has 1 aromatic carbocycles. The molecule has 160 valence electrons. The molecule has 0 aromatic heterocycles. The number of likely N-dealkylation sites (tertiary alicyclic amines) is 1. The monoisotopic (exact) mass is 402 g/mol. The average molecular weight is 403 g/mol. The van der Waals surface area contributed by atoms with Crippen LogP contribution in [0.2, 0.25) is 0 Å². The van der Waals surface area contributed by atoms with Crippen molar-refractivity contribution in [3.05, 3.63) is 29.3 Å². The maximum absolute atomic E-state index is 12.7. The van der Waals surface area contributed by atoms with Gasteiger partial charge < -0.3 is 25.5 Å². The maximum Gasteiger partial charge on any atom is 0.321 e. The summed E-state index contributed by atoms with van der Waals surface area (Å²) >= 11 is 0. The number of aryl methyl sites for hydroxylation is 1. The zero-order chi connectivity index (χ0) is 21.0. The topological polar surface area (TPSA) is 84.9 Å². The quantitative estimate of drug-likeness (QED) is 0.654. The van der Waals surface area contributed by atoms with Crippen LogP contribution in [0.15, 0.2) is 18.2 Å². The molecule has 1 heterocycles. The number of carbonyl (C=O) groups is 2. The Morgan fingerprint density at radius 2 is 1.93 bits per heavy atom. The molecule has 3 amide bonds. The van der Waals surface area contributed by atoms with Crippen LogP contribution >= 0.6 is 0 Å². The Labute approximate surface area is 173 Å². The van der Waals surface area contributed by atoms with Crippen LogP contribution in [0, 0.1) is 12.8 Å². The third-order valence-electron chi connectivity index (χ3n) is 5.76. The van der Waals surface area contributed by atoms with E-state index in [-0.39, 0.29) is 18.0 Å². The van der Waals surface area contributed by atoms with Crippen molar-refractivity contribution in [2.45, 2.75) is 51.7 Å². The van der Waals surface area contributed by atoms with Gasteiger partial charge in [0.1, 0.15) is 0 Å². The van der Waals surface area contributed by atoms with Gasteiger partial charge in [-0.15, -0.1) is 0 Å². The van der Waals surface area contributed by atoms with Crippen LogP contribution in [-0.4, -0.2) is 72.2 Å². The number of nitrogens with zero attached hydrogens (tertiary/aromatic N) is 2. The molecule has 1 aliphatic heterocycles. The second kappa shape index (κ2) is 9.59. The second-order valence-corrected chi connectivity index (χ2v) is 8.68. The van der Waals surface area contributed by atoms with Gasteiger partial charge in [-0.3, -0.25) is 4.79 Å². The lowest BCUT2D eigenvalue weighted by atomic mass is 9.96. The Balaban J connectivity index is 1.51. The van der Waals surface area contributed by atoms with Gasteiger partial charge in [0.25, 0.3) is 5.91 Å². The first kappa shape index (κ1) is 21.6. The molecule has 1 atom stereocenters. The largest absolute Gasteiger partial charge is 0.392 e. The van der Waals surface area contributed by atoms with E-state index in [9.17, 15) is 14.7 Å². The van der Waals surface area contributed by atoms with Crippen LogP contribution in [0.25, 0.3) is 0 Å². The highest BCUT2D eigenvalue weighted by Gasteiger charge is 2.25. The fourth-order valence-corrected chi connectivity index (χ4v) is 3.80. The van der Waals surface area contributed by atoms with Crippen LogP contribution < -0.4 is 10.6 Å². The number of rotatable bonds is 7. The zero-order valence-corrected chi connectivity index (χ0v) is 17.8. The van der Waals surface area contributed by atoms with E-state index in [1.807, 2.05) is 27.0 Å². The van der Waals surface area contributed by atoms with Crippen LogP contribution in [-0.2, 0) is 0 Å². The summed E-state index contributed by atoms with van der Waals surface area (Å²) in [4.78, 5) is 29.0. The second-order valence-electron chi connectivity index (χ2n) is 8.68. The summed E-state index contributed by atoms with van der Waals surface area (Å²) in [5.41, 5.74) is 2.18. The van der Waals surface area contributed by atoms with Crippen molar-refractivity contribution < 1.29 is 14.7 Å². The van der Waals surface area contributed by atoms with E-state index in [1.165, 1.54) is 0 Å². The van der Waals surface area contributed by atoms with Crippen molar-refractivity contribution in [1.29, 1.82) is 0 Å². The van der Waals surface area contributed by atoms with Gasteiger partial charge in [-0.2, -0.15) is 0 Å². The summed E-state index contributed by atoms with van der Waals surface area (Å²) in [5, 5.41) is 15.5.